The van der Waals surface area contributed by atoms with Gasteiger partial charge < -0.3 is 10.4 Å². The molecule has 0 aliphatic heterocycles. The quantitative estimate of drug-likeness (QED) is 0.871. The Bertz CT molecular complexity index is 560. The first kappa shape index (κ1) is 14.2. The number of aryl methyl sites for hydroxylation is 1. The van der Waals surface area contributed by atoms with Gasteiger partial charge in [0, 0.05) is 6.54 Å². The maximum atomic E-state index is 9.99. The second-order valence-corrected chi connectivity index (χ2v) is 4.83. The zero-order chi connectivity index (χ0) is 13.8. The first-order chi connectivity index (χ1) is 9.06. The SMILES string of the molecule is Cn1nnc(CNC[C@H](O)c2ccc(Cl)c(Cl)c2)n1. The standard InChI is InChI=1S/C11H13Cl2N5O/c1-18-16-11(15-17-18)6-14-5-10(19)7-2-3-8(12)9(13)4-7/h2-4,10,14,19H,5-6H2,1H3/t10-/m0/s1. The van der Waals surface area contributed by atoms with E-state index in [-0.39, 0.29) is 0 Å². The molecule has 1 atom stereocenters. The van der Waals surface area contributed by atoms with Crippen LogP contribution in [0.4, 0.5) is 0 Å². The number of tetrazole rings is 1. The molecule has 0 saturated carbocycles. The molecule has 0 amide bonds. The molecule has 0 radical (unpaired) electrons. The molecule has 6 nitrogen and oxygen atoms in total. The Labute approximate surface area is 120 Å². The van der Waals surface area contributed by atoms with Gasteiger partial charge in [-0.1, -0.05) is 29.3 Å². The van der Waals surface area contributed by atoms with E-state index in [9.17, 15) is 5.11 Å². The van der Waals surface area contributed by atoms with E-state index >= 15 is 0 Å². The fraction of sp³-hybridized carbons (Fsp3) is 0.364. The molecule has 102 valence electrons. The summed E-state index contributed by atoms with van der Waals surface area (Å²) in [7, 11) is 1.70. The minimum atomic E-state index is -0.675. The van der Waals surface area contributed by atoms with E-state index in [1.54, 1.807) is 25.2 Å². The predicted molar refractivity (Wildman–Crippen MR) is 71.9 cm³/mol. The molecule has 8 heteroatoms. The molecular formula is C11H13Cl2N5O. The highest BCUT2D eigenvalue weighted by Gasteiger charge is 2.10. The van der Waals surface area contributed by atoms with Crippen LogP contribution < -0.4 is 5.32 Å². The van der Waals surface area contributed by atoms with E-state index < -0.39 is 6.10 Å². The van der Waals surface area contributed by atoms with Gasteiger partial charge in [0.15, 0.2) is 5.82 Å². The van der Waals surface area contributed by atoms with Crippen molar-refractivity contribution >= 4 is 23.2 Å². The highest BCUT2D eigenvalue weighted by Crippen LogP contribution is 2.25. The number of hydrogen-bond acceptors (Lipinski definition) is 5. The van der Waals surface area contributed by atoms with Crippen LogP contribution in [0.1, 0.15) is 17.5 Å². The average Bonchev–Trinajstić information content (AvgIpc) is 2.78. The summed E-state index contributed by atoms with van der Waals surface area (Å²) in [4.78, 5) is 1.38. The van der Waals surface area contributed by atoms with Crippen LogP contribution in [0.5, 0.6) is 0 Å². The number of nitrogens with zero attached hydrogens (tertiary/aromatic N) is 4. The van der Waals surface area contributed by atoms with E-state index in [1.807, 2.05) is 0 Å². The number of aliphatic hydroxyl groups excluding tert-OH is 1. The minimum Gasteiger partial charge on any atom is -0.387 e. The molecule has 0 spiro atoms. The van der Waals surface area contributed by atoms with Crippen LogP contribution in [0.2, 0.25) is 10.0 Å². The van der Waals surface area contributed by atoms with Crippen LogP contribution in [-0.2, 0) is 13.6 Å². The van der Waals surface area contributed by atoms with Gasteiger partial charge in [-0.15, -0.1) is 10.2 Å². The third kappa shape index (κ3) is 3.87. The Balaban J connectivity index is 1.86. The maximum Gasteiger partial charge on any atom is 0.188 e. The number of rotatable bonds is 5. The Morgan fingerprint density at radius 1 is 1.37 bits per heavy atom. The smallest absolute Gasteiger partial charge is 0.188 e. The molecule has 0 bridgehead atoms. The molecule has 1 heterocycles. The van der Waals surface area contributed by atoms with Crippen LogP contribution in [0, 0.1) is 0 Å². The van der Waals surface area contributed by atoms with Crippen molar-refractivity contribution in [3.63, 3.8) is 0 Å². The molecule has 0 unspecified atom stereocenters. The number of aromatic nitrogens is 4. The Morgan fingerprint density at radius 3 is 2.79 bits per heavy atom. The molecule has 0 aliphatic carbocycles. The van der Waals surface area contributed by atoms with Gasteiger partial charge in [0.05, 0.1) is 29.7 Å². The Morgan fingerprint density at radius 2 is 2.16 bits per heavy atom. The van der Waals surface area contributed by atoms with Crippen LogP contribution in [0.15, 0.2) is 18.2 Å². The summed E-state index contributed by atoms with van der Waals surface area (Å²) >= 11 is 11.7. The fourth-order valence-electron chi connectivity index (χ4n) is 1.55. The normalized spacial score (nSPS) is 12.6. The van der Waals surface area contributed by atoms with Crippen molar-refractivity contribution in [2.75, 3.05) is 6.54 Å². The average molecular weight is 302 g/mol. The lowest BCUT2D eigenvalue weighted by Gasteiger charge is -2.12. The van der Waals surface area contributed by atoms with Gasteiger partial charge in [0.1, 0.15) is 0 Å². The monoisotopic (exact) mass is 301 g/mol. The Hall–Kier alpha value is -1.21. The van der Waals surface area contributed by atoms with E-state index in [2.05, 4.69) is 20.7 Å². The van der Waals surface area contributed by atoms with Crippen LogP contribution in [0.25, 0.3) is 0 Å². The zero-order valence-electron chi connectivity index (χ0n) is 10.2. The number of aliphatic hydroxyl groups is 1. The van der Waals surface area contributed by atoms with Crippen molar-refractivity contribution in [3.05, 3.63) is 39.6 Å². The molecule has 1 aromatic heterocycles. The summed E-state index contributed by atoms with van der Waals surface area (Å²) < 4.78 is 0. The first-order valence-electron chi connectivity index (χ1n) is 5.63. The summed E-state index contributed by atoms with van der Waals surface area (Å²) in [6, 6.07) is 5.05. The number of hydrogen-bond donors (Lipinski definition) is 2. The molecule has 0 aliphatic rings. The third-order valence-corrected chi connectivity index (χ3v) is 3.24. The molecule has 2 rings (SSSR count). The predicted octanol–water partition coefficient (Wildman–Crippen LogP) is 1.34. The van der Waals surface area contributed by atoms with E-state index in [0.717, 1.165) is 0 Å². The summed E-state index contributed by atoms with van der Waals surface area (Å²) in [6.07, 6.45) is -0.675. The van der Waals surface area contributed by atoms with Crippen molar-refractivity contribution < 1.29 is 5.11 Å². The Kier molecular flexibility index (Phi) is 4.71. The van der Waals surface area contributed by atoms with Crippen LogP contribution in [-0.4, -0.2) is 31.9 Å². The second-order valence-electron chi connectivity index (χ2n) is 4.02. The lowest BCUT2D eigenvalue weighted by atomic mass is 10.1. The summed E-state index contributed by atoms with van der Waals surface area (Å²) in [6.45, 7) is 0.794. The van der Waals surface area contributed by atoms with Crippen molar-refractivity contribution in [2.24, 2.45) is 7.05 Å². The van der Waals surface area contributed by atoms with E-state index in [4.69, 9.17) is 23.2 Å². The minimum absolute atomic E-state index is 0.357. The molecule has 19 heavy (non-hydrogen) atoms. The number of halogens is 2. The van der Waals surface area contributed by atoms with Gasteiger partial charge in [-0.05, 0) is 22.9 Å². The third-order valence-electron chi connectivity index (χ3n) is 2.50. The summed E-state index contributed by atoms with van der Waals surface area (Å²) in [5.41, 5.74) is 0.703. The lowest BCUT2D eigenvalue weighted by molar-refractivity contribution is 0.174. The van der Waals surface area contributed by atoms with Gasteiger partial charge in [0.25, 0.3) is 0 Å². The maximum absolute atomic E-state index is 9.99. The van der Waals surface area contributed by atoms with Crippen LogP contribution in [0.3, 0.4) is 0 Å². The van der Waals surface area contributed by atoms with Crippen molar-refractivity contribution in [1.82, 2.24) is 25.5 Å². The highest BCUT2D eigenvalue weighted by atomic mass is 35.5. The summed E-state index contributed by atoms with van der Waals surface area (Å²) in [5.74, 6) is 0.573. The second kappa shape index (κ2) is 6.29. The highest BCUT2D eigenvalue weighted by molar-refractivity contribution is 6.42. The first-order valence-corrected chi connectivity index (χ1v) is 6.38. The fourth-order valence-corrected chi connectivity index (χ4v) is 1.86. The van der Waals surface area contributed by atoms with Crippen molar-refractivity contribution in [2.45, 2.75) is 12.6 Å². The van der Waals surface area contributed by atoms with E-state index in [1.165, 1.54) is 4.80 Å². The molecular weight excluding hydrogens is 289 g/mol. The van der Waals surface area contributed by atoms with Gasteiger partial charge in [-0.3, -0.25) is 0 Å². The lowest BCUT2D eigenvalue weighted by Crippen LogP contribution is -2.21. The van der Waals surface area contributed by atoms with Gasteiger partial charge >= 0.3 is 0 Å². The molecule has 0 fully saturated rings. The van der Waals surface area contributed by atoms with E-state index in [0.29, 0.717) is 34.5 Å². The molecule has 0 saturated heterocycles. The van der Waals surface area contributed by atoms with Crippen molar-refractivity contribution in [1.29, 1.82) is 0 Å². The van der Waals surface area contributed by atoms with Gasteiger partial charge in [0.2, 0.25) is 0 Å². The topological polar surface area (TPSA) is 75.9 Å². The van der Waals surface area contributed by atoms with Gasteiger partial charge in [-0.25, -0.2) is 0 Å². The largest absolute Gasteiger partial charge is 0.387 e. The number of benzene rings is 1. The molecule has 2 aromatic rings. The van der Waals surface area contributed by atoms with Gasteiger partial charge in [-0.2, -0.15) is 4.80 Å². The van der Waals surface area contributed by atoms with Crippen LogP contribution >= 0.6 is 23.2 Å². The summed E-state index contributed by atoms with van der Waals surface area (Å²) in [5, 5.41) is 25.5. The van der Waals surface area contributed by atoms with Crippen molar-refractivity contribution in [3.8, 4) is 0 Å². The zero-order valence-corrected chi connectivity index (χ0v) is 11.7. The molecule has 2 N–H and O–H groups in total. The number of nitrogens with one attached hydrogen (secondary N) is 1. The molecule has 1 aromatic carbocycles.